The molecule has 19 heavy (non-hydrogen) atoms. The van der Waals surface area contributed by atoms with Crippen LogP contribution in [-0.2, 0) is 5.41 Å². The number of benzene rings is 1. The van der Waals surface area contributed by atoms with Crippen molar-refractivity contribution < 1.29 is 4.79 Å². The van der Waals surface area contributed by atoms with Gasteiger partial charge in [-0.1, -0.05) is 38.0 Å². The topological polar surface area (TPSA) is 77.9 Å². The quantitative estimate of drug-likeness (QED) is 0.374. The molecule has 1 N–H and O–H groups in total. The molecule has 1 amide bonds. The van der Waals surface area contributed by atoms with E-state index in [9.17, 15) is 4.79 Å². The van der Waals surface area contributed by atoms with Crippen LogP contribution in [0, 0.1) is 0 Å². The molecule has 5 heteroatoms. The maximum Gasteiger partial charge on any atom is 0.251 e. The van der Waals surface area contributed by atoms with Gasteiger partial charge in [-0.05, 0) is 35.1 Å². The van der Waals surface area contributed by atoms with Crippen LogP contribution in [0.25, 0.3) is 10.4 Å². The van der Waals surface area contributed by atoms with Crippen LogP contribution in [-0.4, -0.2) is 19.0 Å². The summed E-state index contributed by atoms with van der Waals surface area (Å²) in [5.41, 5.74) is 10.1. The lowest BCUT2D eigenvalue weighted by atomic mass is 9.87. The van der Waals surface area contributed by atoms with Gasteiger partial charge in [-0.3, -0.25) is 4.79 Å². The number of carbonyl (C=O) groups excluding carboxylic acids is 1. The summed E-state index contributed by atoms with van der Waals surface area (Å²) in [7, 11) is 0. The van der Waals surface area contributed by atoms with Gasteiger partial charge in [-0.15, -0.1) is 0 Å². The van der Waals surface area contributed by atoms with E-state index in [1.165, 1.54) is 5.56 Å². The van der Waals surface area contributed by atoms with E-state index in [1.54, 1.807) is 0 Å². The summed E-state index contributed by atoms with van der Waals surface area (Å²) in [6.07, 6.45) is 0.649. The summed E-state index contributed by atoms with van der Waals surface area (Å²) in [6.45, 7) is 7.33. The molecular formula is C14H20N4O. The van der Waals surface area contributed by atoms with E-state index in [4.69, 9.17) is 5.53 Å². The van der Waals surface area contributed by atoms with E-state index in [0.717, 1.165) is 0 Å². The number of azide groups is 1. The third kappa shape index (κ3) is 5.02. The minimum atomic E-state index is -0.0959. The normalized spacial score (nSPS) is 10.7. The number of amides is 1. The van der Waals surface area contributed by atoms with Crippen LogP contribution in [0.4, 0.5) is 0 Å². The third-order valence-electron chi connectivity index (χ3n) is 2.80. The molecule has 1 rings (SSSR count). The first-order valence-corrected chi connectivity index (χ1v) is 6.35. The van der Waals surface area contributed by atoms with E-state index in [-0.39, 0.29) is 11.3 Å². The van der Waals surface area contributed by atoms with Crippen LogP contribution in [0.15, 0.2) is 29.4 Å². The van der Waals surface area contributed by atoms with Gasteiger partial charge in [0.2, 0.25) is 0 Å². The molecule has 0 saturated carbocycles. The Morgan fingerprint density at radius 2 is 1.95 bits per heavy atom. The van der Waals surface area contributed by atoms with Crippen molar-refractivity contribution in [3.05, 3.63) is 45.8 Å². The predicted octanol–water partition coefficient (Wildman–Crippen LogP) is 3.41. The second kappa shape index (κ2) is 6.81. The molecule has 0 spiro atoms. The highest BCUT2D eigenvalue weighted by Crippen LogP contribution is 2.22. The summed E-state index contributed by atoms with van der Waals surface area (Å²) in [4.78, 5) is 14.5. The van der Waals surface area contributed by atoms with Gasteiger partial charge >= 0.3 is 0 Å². The van der Waals surface area contributed by atoms with Crippen molar-refractivity contribution in [3.8, 4) is 0 Å². The van der Waals surface area contributed by atoms with Gasteiger partial charge in [-0.25, -0.2) is 0 Å². The van der Waals surface area contributed by atoms with Crippen LogP contribution >= 0.6 is 0 Å². The second-order valence-electron chi connectivity index (χ2n) is 5.39. The molecular weight excluding hydrogens is 240 g/mol. The predicted molar refractivity (Wildman–Crippen MR) is 76.1 cm³/mol. The molecule has 0 saturated heterocycles. The highest BCUT2D eigenvalue weighted by Gasteiger charge is 2.13. The lowest BCUT2D eigenvalue weighted by molar-refractivity contribution is 0.0953. The maximum atomic E-state index is 11.8. The van der Waals surface area contributed by atoms with Gasteiger partial charge in [-0.2, -0.15) is 0 Å². The Morgan fingerprint density at radius 1 is 1.32 bits per heavy atom. The zero-order valence-electron chi connectivity index (χ0n) is 11.7. The Labute approximate surface area is 113 Å². The second-order valence-corrected chi connectivity index (χ2v) is 5.39. The molecule has 0 aliphatic heterocycles. The highest BCUT2D eigenvalue weighted by molar-refractivity contribution is 5.94. The Morgan fingerprint density at radius 3 is 2.47 bits per heavy atom. The van der Waals surface area contributed by atoms with Crippen LogP contribution in [0.3, 0.4) is 0 Å². The first-order valence-electron chi connectivity index (χ1n) is 6.35. The summed E-state index contributed by atoms with van der Waals surface area (Å²) < 4.78 is 0. The molecule has 1 aromatic rings. The van der Waals surface area contributed by atoms with Crippen molar-refractivity contribution in [1.82, 2.24) is 5.32 Å². The summed E-state index contributed by atoms with van der Waals surface area (Å²) in [5, 5.41) is 6.20. The first kappa shape index (κ1) is 15.1. The fraction of sp³-hybridized carbons (Fsp3) is 0.500. The Bertz CT molecular complexity index is 467. The number of nitrogens with one attached hydrogen (secondary N) is 1. The van der Waals surface area contributed by atoms with Gasteiger partial charge in [0.15, 0.2) is 0 Å². The van der Waals surface area contributed by atoms with Crippen LogP contribution < -0.4 is 5.32 Å². The fourth-order valence-corrected chi connectivity index (χ4v) is 1.62. The SMILES string of the molecule is CC(C)(C)c1ccc(C(=O)NCCCN=[N+]=[N-])cc1. The molecule has 0 bridgehead atoms. The number of nitrogens with zero attached hydrogens (tertiary/aromatic N) is 3. The Balaban J connectivity index is 2.51. The largest absolute Gasteiger partial charge is 0.352 e. The monoisotopic (exact) mass is 260 g/mol. The van der Waals surface area contributed by atoms with Crippen LogP contribution in [0.1, 0.15) is 43.1 Å². The smallest absolute Gasteiger partial charge is 0.251 e. The minimum absolute atomic E-state index is 0.0876. The zero-order valence-corrected chi connectivity index (χ0v) is 11.7. The molecule has 1 aromatic carbocycles. The van der Waals surface area contributed by atoms with Crippen molar-refractivity contribution in [3.63, 3.8) is 0 Å². The molecule has 102 valence electrons. The first-order chi connectivity index (χ1) is 8.95. The van der Waals surface area contributed by atoms with Gasteiger partial charge in [0, 0.05) is 23.6 Å². The number of rotatable bonds is 5. The molecule has 0 aromatic heterocycles. The lowest BCUT2D eigenvalue weighted by Gasteiger charge is -2.19. The average Bonchev–Trinajstić information content (AvgIpc) is 2.37. The third-order valence-corrected chi connectivity index (χ3v) is 2.80. The van der Waals surface area contributed by atoms with E-state index in [2.05, 4.69) is 36.1 Å². The number of hydrogen-bond acceptors (Lipinski definition) is 2. The maximum absolute atomic E-state index is 11.8. The van der Waals surface area contributed by atoms with E-state index in [1.807, 2.05) is 24.3 Å². The number of hydrogen-bond donors (Lipinski definition) is 1. The molecule has 0 aliphatic carbocycles. The van der Waals surface area contributed by atoms with Crippen molar-refractivity contribution in [1.29, 1.82) is 0 Å². The number of carbonyl (C=O) groups is 1. The van der Waals surface area contributed by atoms with E-state index < -0.39 is 0 Å². The molecule has 0 aliphatic rings. The Kier molecular flexibility index (Phi) is 5.39. The van der Waals surface area contributed by atoms with E-state index >= 15 is 0 Å². The fourth-order valence-electron chi connectivity index (χ4n) is 1.62. The summed E-state index contributed by atoms with van der Waals surface area (Å²) in [6, 6.07) is 7.64. The van der Waals surface area contributed by atoms with Crippen molar-refractivity contribution in [2.45, 2.75) is 32.6 Å². The minimum Gasteiger partial charge on any atom is -0.352 e. The zero-order chi connectivity index (χ0) is 14.3. The van der Waals surface area contributed by atoms with Crippen molar-refractivity contribution in [2.75, 3.05) is 13.1 Å². The molecule has 0 fully saturated rings. The van der Waals surface area contributed by atoms with Crippen LogP contribution in [0.2, 0.25) is 0 Å². The van der Waals surface area contributed by atoms with Gasteiger partial charge in [0.1, 0.15) is 0 Å². The van der Waals surface area contributed by atoms with E-state index in [0.29, 0.717) is 25.1 Å². The van der Waals surface area contributed by atoms with Gasteiger partial charge in [0.25, 0.3) is 5.91 Å². The summed E-state index contributed by atoms with van der Waals surface area (Å²) in [5.74, 6) is -0.0959. The highest BCUT2D eigenvalue weighted by atomic mass is 16.1. The van der Waals surface area contributed by atoms with Gasteiger partial charge in [0.05, 0.1) is 0 Å². The van der Waals surface area contributed by atoms with Crippen molar-refractivity contribution >= 4 is 5.91 Å². The molecule has 5 nitrogen and oxygen atoms in total. The van der Waals surface area contributed by atoms with Gasteiger partial charge < -0.3 is 5.32 Å². The molecule has 0 unspecified atom stereocenters. The Hall–Kier alpha value is -2.00. The molecule has 0 atom stereocenters. The van der Waals surface area contributed by atoms with Crippen LogP contribution in [0.5, 0.6) is 0 Å². The standard InChI is InChI=1S/C14H20N4O/c1-14(2,3)12-7-5-11(6-8-12)13(19)16-9-4-10-17-18-15/h5-8H,4,9-10H2,1-3H3,(H,16,19). The average molecular weight is 260 g/mol. The van der Waals surface area contributed by atoms with Crippen molar-refractivity contribution in [2.24, 2.45) is 5.11 Å². The summed E-state index contributed by atoms with van der Waals surface area (Å²) >= 11 is 0. The molecule has 0 heterocycles. The lowest BCUT2D eigenvalue weighted by Crippen LogP contribution is -2.25. The molecule has 0 radical (unpaired) electrons.